The van der Waals surface area contributed by atoms with Crippen molar-refractivity contribution in [3.63, 3.8) is 0 Å². The van der Waals surface area contributed by atoms with Crippen molar-refractivity contribution in [2.24, 2.45) is 0 Å². The van der Waals surface area contributed by atoms with Crippen LogP contribution in [-0.4, -0.2) is 8.42 Å². The van der Waals surface area contributed by atoms with Crippen LogP contribution in [0.5, 0.6) is 0 Å². The molecular weight excluding hydrogens is 397 g/mol. The monoisotopic (exact) mass is 413 g/mol. The molecule has 2 aromatic carbocycles. The van der Waals surface area contributed by atoms with Crippen molar-refractivity contribution >= 4 is 38.3 Å². The molecule has 1 aliphatic rings. The lowest BCUT2D eigenvalue weighted by Gasteiger charge is -2.12. The summed E-state index contributed by atoms with van der Waals surface area (Å²) in [6, 6.07) is 11.1. The van der Waals surface area contributed by atoms with Gasteiger partial charge in [-0.25, -0.2) is 8.42 Å². The zero-order chi connectivity index (χ0) is 15.0. The van der Waals surface area contributed by atoms with Crippen molar-refractivity contribution < 1.29 is 8.42 Å². The number of nitrogens with one attached hydrogen (secondary N) is 1. The molecule has 0 saturated carbocycles. The lowest BCUT2D eigenvalue weighted by molar-refractivity contribution is 0.601. The van der Waals surface area contributed by atoms with Crippen LogP contribution in [0.15, 0.2) is 41.3 Å². The van der Waals surface area contributed by atoms with Crippen LogP contribution in [-0.2, 0) is 22.9 Å². The van der Waals surface area contributed by atoms with Crippen LogP contribution in [0.2, 0.25) is 0 Å². The van der Waals surface area contributed by atoms with Gasteiger partial charge in [-0.05, 0) is 95.8 Å². The van der Waals surface area contributed by atoms with Gasteiger partial charge in [0, 0.05) is 3.57 Å². The van der Waals surface area contributed by atoms with Gasteiger partial charge in [0.25, 0.3) is 10.0 Å². The third-order valence-corrected chi connectivity index (χ3v) is 5.85. The van der Waals surface area contributed by atoms with Gasteiger partial charge in [-0.3, -0.25) is 4.72 Å². The molecule has 0 aliphatic heterocycles. The minimum atomic E-state index is -3.52. The predicted molar refractivity (Wildman–Crippen MR) is 93.2 cm³/mol. The first-order valence-corrected chi connectivity index (χ1v) is 9.43. The highest BCUT2D eigenvalue weighted by Crippen LogP contribution is 2.26. The molecule has 2 aromatic rings. The Kier molecular flexibility index (Phi) is 3.96. The molecule has 110 valence electrons. The molecule has 5 heteroatoms. The maximum Gasteiger partial charge on any atom is 0.261 e. The van der Waals surface area contributed by atoms with Crippen LogP contribution in [0, 0.1) is 10.5 Å². The number of sulfonamides is 1. The molecular formula is C16H16INO2S. The fourth-order valence-electron chi connectivity index (χ4n) is 2.66. The number of aryl methyl sites for hydroxylation is 3. The summed E-state index contributed by atoms with van der Waals surface area (Å²) in [5, 5.41) is 0. The molecule has 0 saturated heterocycles. The Morgan fingerprint density at radius 3 is 2.57 bits per heavy atom. The Balaban J connectivity index is 1.93. The van der Waals surface area contributed by atoms with Crippen molar-refractivity contribution in [2.45, 2.75) is 31.1 Å². The Labute approximate surface area is 139 Å². The molecule has 21 heavy (non-hydrogen) atoms. The second-order valence-electron chi connectivity index (χ2n) is 5.35. The summed E-state index contributed by atoms with van der Waals surface area (Å²) in [4.78, 5) is 0.348. The minimum absolute atomic E-state index is 0.348. The Morgan fingerprint density at radius 1 is 1.05 bits per heavy atom. The fraction of sp³-hybridized carbons (Fsp3) is 0.250. The molecule has 1 aliphatic carbocycles. The van der Waals surface area contributed by atoms with Crippen LogP contribution >= 0.6 is 22.6 Å². The van der Waals surface area contributed by atoms with E-state index in [1.54, 1.807) is 6.07 Å². The molecule has 3 rings (SSSR count). The SMILES string of the molecule is Cc1cc(I)ccc1NS(=O)(=O)c1ccc2c(c1)CCC2. The predicted octanol–water partition coefficient (Wildman–Crippen LogP) is 3.89. The summed E-state index contributed by atoms with van der Waals surface area (Å²) < 4.78 is 28.8. The zero-order valence-electron chi connectivity index (χ0n) is 11.7. The number of anilines is 1. The van der Waals surface area contributed by atoms with Gasteiger partial charge >= 0.3 is 0 Å². The largest absolute Gasteiger partial charge is 0.279 e. The first-order chi connectivity index (χ1) is 9.95. The molecule has 0 amide bonds. The van der Waals surface area contributed by atoms with Gasteiger partial charge in [-0.1, -0.05) is 6.07 Å². The third kappa shape index (κ3) is 3.08. The Morgan fingerprint density at radius 2 is 1.81 bits per heavy atom. The third-order valence-electron chi connectivity index (χ3n) is 3.81. The fourth-order valence-corrected chi connectivity index (χ4v) is 4.49. The molecule has 0 radical (unpaired) electrons. The molecule has 3 nitrogen and oxygen atoms in total. The standard InChI is InChI=1S/C16H16INO2S/c1-11-9-14(17)6-8-16(11)18-21(19,20)15-7-5-12-3-2-4-13(12)10-15/h5-10,18H,2-4H2,1H3. The van der Waals surface area contributed by atoms with E-state index in [4.69, 9.17) is 0 Å². The maximum absolute atomic E-state index is 12.5. The van der Waals surface area contributed by atoms with Gasteiger partial charge < -0.3 is 0 Å². The number of hydrogen-bond donors (Lipinski definition) is 1. The van der Waals surface area contributed by atoms with Crippen LogP contribution < -0.4 is 4.72 Å². The summed E-state index contributed by atoms with van der Waals surface area (Å²) in [6.45, 7) is 1.91. The number of fused-ring (bicyclic) bond motifs is 1. The quantitative estimate of drug-likeness (QED) is 0.777. The van der Waals surface area contributed by atoms with Crippen LogP contribution in [0.25, 0.3) is 0 Å². The second-order valence-corrected chi connectivity index (χ2v) is 8.28. The van der Waals surface area contributed by atoms with Gasteiger partial charge in [0.1, 0.15) is 0 Å². The Hall–Kier alpha value is -1.08. The van der Waals surface area contributed by atoms with E-state index in [1.807, 2.05) is 37.3 Å². The maximum atomic E-state index is 12.5. The molecule has 0 unspecified atom stereocenters. The van der Waals surface area contributed by atoms with Gasteiger partial charge in [-0.2, -0.15) is 0 Å². The highest BCUT2D eigenvalue weighted by Gasteiger charge is 2.19. The van der Waals surface area contributed by atoms with Crippen molar-refractivity contribution in [1.82, 2.24) is 0 Å². The molecule has 0 bridgehead atoms. The first kappa shape index (κ1) is 14.8. The van der Waals surface area contributed by atoms with Crippen molar-refractivity contribution in [3.05, 3.63) is 56.7 Å². The topological polar surface area (TPSA) is 46.2 Å². The van der Waals surface area contributed by atoms with E-state index in [1.165, 1.54) is 5.56 Å². The molecule has 0 fully saturated rings. The number of rotatable bonds is 3. The highest BCUT2D eigenvalue weighted by molar-refractivity contribution is 14.1. The van der Waals surface area contributed by atoms with E-state index < -0.39 is 10.0 Å². The van der Waals surface area contributed by atoms with Gasteiger partial charge in [0.2, 0.25) is 0 Å². The number of halogens is 1. The molecule has 0 spiro atoms. The zero-order valence-corrected chi connectivity index (χ0v) is 14.7. The minimum Gasteiger partial charge on any atom is -0.279 e. The van der Waals surface area contributed by atoms with E-state index >= 15 is 0 Å². The smallest absolute Gasteiger partial charge is 0.261 e. The van der Waals surface area contributed by atoms with Gasteiger partial charge in [0.15, 0.2) is 0 Å². The Bertz CT molecular complexity index is 800. The normalized spacial score (nSPS) is 14.0. The van der Waals surface area contributed by atoms with E-state index in [9.17, 15) is 8.42 Å². The summed E-state index contributed by atoms with van der Waals surface area (Å²) in [5.74, 6) is 0. The summed E-state index contributed by atoms with van der Waals surface area (Å²) in [7, 11) is -3.52. The summed E-state index contributed by atoms with van der Waals surface area (Å²) >= 11 is 2.21. The van der Waals surface area contributed by atoms with Crippen LogP contribution in [0.1, 0.15) is 23.1 Å². The first-order valence-electron chi connectivity index (χ1n) is 6.86. The molecule has 0 heterocycles. The van der Waals surface area contributed by atoms with E-state index in [0.29, 0.717) is 10.6 Å². The van der Waals surface area contributed by atoms with Crippen molar-refractivity contribution in [2.75, 3.05) is 4.72 Å². The summed E-state index contributed by atoms with van der Waals surface area (Å²) in [6.07, 6.45) is 3.14. The van der Waals surface area contributed by atoms with E-state index in [2.05, 4.69) is 27.3 Å². The molecule has 0 aromatic heterocycles. The summed E-state index contributed by atoms with van der Waals surface area (Å²) in [5.41, 5.74) is 4.00. The van der Waals surface area contributed by atoms with Gasteiger partial charge in [0.05, 0.1) is 10.6 Å². The molecule has 0 atom stereocenters. The average Bonchev–Trinajstić information content (AvgIpc) is 2.89. The van der Waals surface area contributed by atoms with E-state index in [-0.39, 0.29) is 0 Å². The number of hydrogen-bond acceptors (Lipinski definition) is 2. The average molecular weight is 413 g/mol. The van der Waals surface area contributed by atoms with Gasteiger partial charge in [-0.15, -0.1) is 0 Å². The van der Waals surface area contributed by atoms with E-state index in [0.717, 1.165) is 34.0 Å². The highest BCUT2D eigenvalue weighted by atomic mass is 127. The van der Waals surface area contributed by atoms with Crippen molar-refractivity contribution in [3.8, 4) is 0 Å². The van der Waals surface area contributed by atoms with Crippen LogP contribution in [0.3, 0.4) is 0 Å². The lowest BCUT2D eigenvalue weighted by atomic mass is 10.1. The van der Waals surface area contributed by atoms with Crippen molar-refractivity contribution in [1.29, 1.82) is 0 Å². The molecule has 1 N–H and O–H groups in total. The van der Waals surface area contributed by atoms with Crippen LogP contribution in [0.4, 0.5) is 5.69 Å². The lowest BCUT2D eigenvalue weighted by Crippen LogP contribution is -2.14. The second kappa shape index (κ2) is 5.61. The number of benzene rings is 2.